The van der Waals surface area contributed by atoms with E-state index in [2.05, 4.69) is 16.4 Å². The Morgan fingerprint density at radius 2 is 2.04 bits per heavy atom. The quantitative estimate of drug-likeness (QED) is 0.887. The van der Waals surface area contributed by atoms with E-state index >= 15 is 0 Å². The Bertz CT molecular complexity index is 792. The lowest BCUT2D eigenvalue weighted by Gasteiger charge is -2.35. The molecular weight excluding hydrogens is 338 g/mol. The van der Waals surface area contributed by atoms with Crippen molar-refractivity contribution in [2.45, 2.75) is 0 Å². The number of anilines is 1. The second-order valence-corrected chi connectivity index (χ2v) is 6.46. The fourth-order valence-corrected chi connectivity index (χ4v) is 3.31. The lowest BCUT2D eigenvalue weighted by Crippen LogP contribution is -2.51. The van der Waals surface area contributed by atoms with Crippen LogP contribution in [0.25, 0.3) is 0 Å². The molecule has 0 saturated carbocycles. The van der Waals surface area contributed by atoms with Gasteiger partial charge in [-0.15, -0.1) is 11.3 Å². The summed E-state index contributed by atoms with van der Waals surface area (Å²) in [6.07, 6.45) is 1.66. The molecule has 0 bridgehead atoms. The van der Waals surface area contributed by atoms with E-state index in [4.69, 9.17) is 5.26 Å². The summed E-state index contributed by atoms with van der Waals surface area (Å²) in [5.41, 5.74) is 0.533. The van der Waals surface area contributed by atoms with Crippen molar-refractivity contribution in [3.8, 4) is 6.07 Å². The summed E-state index contributed by atoms with van der Waals surface area (Å²) in [6, 6.07) is 9.14. The third-order valence-corrected chi connectivity index (χ3v) is 4.85. The van der Waals surface area contributed by atoms with Crippen LogP contribution in [0.1, 0.15) is 15.2 Å². The van der Waals surface area contributed by atoms with E-state index in [0.717, 1.165) is 0 Å². The van der Waals surface area contributed by atoms with Crippen LogP contribution in [0.3, 0.4) is 0 Å². The molecule has 0 aliphatic carbocycles. The summed E-state index contributed by atoms with van der Waals surface area (Å²) < 4.78 is 0. The highest BCUT2D eigenvalue weighted by Crippen LogP contribution is 2.18. The number of hydrogen-bond acceptors (Lipinski definition) is 6. The Morgan fingerprint density at radius 1 is 1.24 bits per heavy atom. The van der Waals surface area contributed by atoms with Crippen molar-refractivity contribution >= 4 is 29.0 Å². The van der Waals surface area contributed by atoms with Crippen LogP contribution in [-0.4, -0.2) is 54.4 Å². The molecule has 128 valence electrons. The first-order valence-corrected chi connectivity index (χ1v) is 8.76. The van der Waals surface area contributed by atoms with Crippen molar-refractivity contribution in [3.63, 3.8) is 0 Å². The number of nitriles is 1. The number of piperazine rings is 1. The molecule has 3 heterocycles. The summed E-state index contributed by atoms with van der Waals surface area (Å²) in [5, 5.41) is 13.6. The molecule has 3 rings (SSSR count). The van der Waals surface area contributed by atoms with Crippen LogP contribution >= 0.6 is 11.3 Å². The highest BCUT2D eigenvalue weighted by Gasteiger charge is 2.23. The van der Waals surface area contributed by atoms with Crippen molar-refractivity contribution < 1.29 is 9.59 Å². The van der Waals surface area contributed by atoms with E-state index in [1.54, 1.807) is 35.4 Å². The molecule has 0 spiro atoms. The van der Waals surface area contributed by atoms with E-state index in [-0.39, 0.29) is 18.4 Å². The Balaban J connectivity index is 1.51. The third-order valence-electron chi connectivity index (χ3n) is 3.98. The van der Waals surface area contributed by atoms with Gasteiger partial charge in [-0.2, -0.15) is 5.26 Å². The fraction of sp³-hybridized carbons (Fsp3) is 0.294. The molecule has 2 aromatic heterocycles. The third kappa shape index (κ3) is 3.95. The maximum Gasteiger partial charge on any atom is 0.261 e. The van der Waals surface area contributed by atoms with Gasteiger partial charge in [0.2, 0.25) is 5.91 Å². The Kier molecular flexibility index (Phi) is 5.26. The standard InChI is InChI=1S/C17H17N5O2S/c18-11-13-3-1-5-19-16(13)22-8-6-21(7-9-22)15(23)12-20-17(24)14-4-2-10-25-14/h1-5,10H,6-9,12H2,(H,20,24). The maximum atomic E-state index is 12.3. The zero-order chi connectivity index (χ0) is 17.6. The van der Waals surface area contributed by atoms with Gasteiger partial charge in [-0.1, -0.05) is 6.07 Å². The number of carbonyl (C=O) groups is 2. The number of rotatable bonds is 4. The molecule has 1 N–H and O–H groups in total. The van der Waals surface area contributed by atoms with Gasteiger partial charge in [0.15, 0.2) is 0 Å². The number of amides is 2. The summed E-state index contributed by atoms with van der Waals surface area (Å²) in [4.78, 5) is 32.7. The fourth-order valence-electron chi connectivity index (χ4n) is 2.67. The number of hydrogen-bond donors (Lipinski definition) is 1. The molecule has 1 fully saturated rings. The average molecular weight is 355 g/mol. The van der Waals surface area contributed by atoms with Crippen LogP contribution in [0.15, 0.2) is 35.8 Å². The van der Waals surface area contributed by atoms with Gasteiger partial charge < -0.3 is 15.1 Å². The topological polar surface area (TPSA) is 89.3 Å². The van der Waals surface area contributed by atoms with Gasteiger partial charge in [0.1, 0.15) is 11.9 Å². The van der Waals surface area contributed by atoms with Crippen molar-refractivity contribution in [3.05, 3.63) is 46.3 Å². The lowest BCUT2D eigenvalue weighted by molar-refractivity contribution is -0.130. The van der Waals surface area contributed by atoms with Crippen molar-refractivity contribution in [1.82, 2.24) is 15.2 Å². The lowest BCUT2D eigenvalue weighted by atomic mass is 10.2. The van der Waals surface area contributed by atoms with Gasteiger partial charge in [0, 0.05) is 32.4 Å². The van der Waals surface area contributed by atoms with E-state index < -0.39 is 0 Å². The van der Waals surface area contributed by atoms with E-state index in [1.807, 2.05) is 10.3 Å². The van der Waals surface area contributed by atoms with Crippen LogP contribution in [0.4, 0.5) is 5.82 Å². The van der Waals surface area contributed by atoms with Crippen molar-refractivity contribution in [2.24, 2.45) is 0 Å². The number of pyridine rings is 1. The van der Waals surface area contributed by atoms with Gasteiger partial charge in [-0.05, 0) is 23.6 Å². The molecule has 0 atom stereocenters. The number of aromatic nitrogens is 1. The molecule has 25 heavy (non-hydrogen) atoms. The highest BCUT2D eigenvalue weighted by molar-refractivity contribution is 7.12. The molecule has 1 aliphatic heterocycles. The first kappa shape index (κ1) is 16.9. The summed E-state index contributed by atoms with van der Waals surface area (Å²) in [7, 11) is 0. The molecule has 1 saturated heterocycles. The molecule has 2 amide bonds. The highest BCUT2D eigenvalue weighted by atomic mass is 32.1. The van der Waals surface area contributed by atoms with Crippen LogP contribution in [0.2, 0.25) is 0 Å². The smallest absolute Gasteiger partial charge is 0.261 e. The SMILES string of the molecule is N#Cc1cccnc1N1CCN(C(=O)CNC(=O)c2cccs2)CC1. The Labute approximate surface area is 149 Å². The second-order valence-electron chi connectivity index (χ2n) is 5.51. The van der Waals surface area contributed by atoms with E-state index in [9.17, 15) is 9.59 Å². The molecule has 2 aromatic rings. The summed E-state index contributed by atoms with van der Waals surface area (Å²) in [5.74, 6) is 0.323. The van der Waals surface area contributed by atoms with Crippen molar-refractivity contribution in [2.75, 3.05) is 37.6 Å². The van der Waals surface area contributed by atoms with Gasteiger partial charge in [0.25, 0.3) is 5.91 Å². The minimum atomic E-state index is -0.228. The number of nitrogens with zero attached hydrogens (tertiary/aromatic N) is 4. The summed E-state index contributed by atoms with van der Waals surface area (Å²) >= 11 is 1.34. The van der Waals surface area contributed by atoms with E-state index in [1.165, 1.54) is 11.3 Å². The number of thiophene rings is 1. The second kappa shape index (κ2) is 7.77. The molecule has 0 aromatic carbocycles. The largest absolute Gasteiger partial charge is 0.352 e. The number of nitrogens with one attached hydrogen (secondary N) is 1. The number of carbonyl (C=O) groups excluding carboxylic acids is 2. The zero-order valence-electron chi connectivity index (χ0n) is 13.5. The first-order chi connectivity index (χ1) is 12.2. The molecule has 7 nitrogen and oxygen atoms in total. The van der Waals surface area contributed by atoms with Crippen LogP contribution in [0.5, 0.6) is 0 Å². The monoisotopic (exact) mass is 355 g/mol. The van der Waals surface area contributed by atoms with E-state index in [0.29, 0.717) is 42.4 Å². The maximum absolute atomic E-state index is 12.3. The van der Waals surface area contributed by atoms with Gasteiger partial charge >= 0.3 is 0 Å². The minimum Gasteiger partial charge on any atom is -0.352 e. The average Bonchev–Trinajstić information content (AvgIpc) is 3.21. The van der Waals surface area contributed by atoms with Crippen molar-refractivity contribution in [1.29, 1.82) is 5.26 Å². The Hall–Kier alpha value is -2.92. The van der Waals surface area contributed by atoms with Crippen LogP contribution < -0.4 is 10.2 Å². The first-order valence-electron chi connectivity index (χ1n) is 7.88. The van der Waals surface area contributed by atoms with Gasteiger partial charge in [0.05, 0.1) is 17.0 Å². The predicted molar refractivity (Wildman–Crippen MR) is 94.4 cm³/mol. The molecule has 0 unspecified atom stereocenters. The molecule has 1 aliphatic rings. The normalized spacial score (nSPS) is 14.0. The van der Waals surface area contributed by atoms with Gasteiger partial charge in [-0.3, -0.25) is 9.59 Å². The Morgan fingerprint density at radius 3 is 2.72 bits per heavy atom. The minimum absolute atomic E-state index is 0.0102. The van der Waals surface area contributed by atoms with Gasteiger partial charge in [-0.25, -0.2) is 4.98 Å². The summed E-state index contributed by atoms with van der Waals surface area (Å²) in [6.45, 7) is 2.28. The molecular formula is C17H17N5O2S. The predicted octanol–water partition coefficient (Wildman–Crippen LogP) is 1.09. The molecule has 8 heteroatoms. The molecule has 0 radical (unpaired) electrons. The van der Waals surface area contributed by atoms with Crippen LogP contribution in [0, 0.1) is 11.3 Å². The van der Waals surface area contributed by atoms with Crippen LogP contribution in [-0.2, 0) is 4.79 Å². The zero-order valence-corrected chi connectivity index (χ0v) is 14.3.